The van der Waals surface area contributed by atoms with Crippen molar-refractivity contribution in [2.75, 3.05) is 6.61 Å². The lowest BCUT2D eigenvalue weighted by Gasteiger charge is -2.40. The van der Waals surface area contributed by atoms with E-state index in [1.807, 2.05) is 4.90 Å². The van der Waals surface area contributed by atoms with Gasteiger partial charge in [0.25, 0.3) is 0 Å². The van der Waals surface area contributed by atoms with E-state index in [1.165, 1.54) is 11.5 Å². The van der Waals surface area contributed by atoms with Gasteiger partial charge in [-0.25, -0.2) is 18.6 Å². The van der Waals surface area contributed by atoms with Crippen LogP contribution in [0.1, 0.15) is 56.1 Å². The van der Waals surface area contributed by atoms with E-state index in [4.69, 9.17) is 9.47 Å². The molecule has 7 nitrogen and oxygen atoms in total. The highest BCUT2D eigenvalue weighted by atomic mass is 19.4. The number of alkyl halides is 3. The predicted molar refractivity (Wildman–Crippen MR) is 119 cm³/mol. The van der Waals surface area contributed by atoms with Gasteiger partial charge in [-0.15, -0.1) is 0 Å². The maximum absolute atomic E-state index is 14.6. The molecule has 3 atom stereocenters. The molecule has 1 saturated heterocycles. The van der Waals surface area contributed by atoms with Gasteiger partial charge in [-0.05, 0) is 52.3 Å². The number of alkyl carbamates (subject to hydrolysis) is 1. The van der Waals surface area contributed by atoms with Gasteiger partial charge in [0.05, 0.1) is 24.0 Å². The van der Waals surface area contributed by atoms with E-state index in [0.717, 1.165) is 18.2 Å². The smallest absolute Gasteiger partial charge is 0.407 e. The lowest BCUT2D eigenvalue weighted by atomic mass is 9.92. The number of imidazole rings is 1. The average molecular weight is 517 g/mol. The molecule has 1 fully saturated rings. The van der Waals surface area contributed by atoms with Crippen molar-refractivity contribution in [2.45, 2.75) is 83.7 Å². The molecule has 198 valence electrons. The van der Waals surface area contributed by atoms with Crippen LogP contribution in [-0.4, -0.2) is 51.0 Å². The average Bonchev–Trinajstić information content (AvgIpc) is 3.26. The lowest BCUT2D eigenvalue weighted by Crippen LogP contribution is -2.52. The fourth-order valence-electron chi connectivity index (χ4n) is 4.77. The number of aromatic nitrogens is 2. The van der Waals surface area contributed by atoms with Crippen molar-refractivity contribution in [1.82, 2.24) is 19.8 Å². The number of nitrogens with one attached hydrogen (secondary N) is 1. The van der Waals surface area contributed by atoms with Crippen LogP contribution in [0.5, 0.6) is 0 Å². The van der Waals surface area contributed by atoms with Gasteiger partial charge in [-0.1, -0.05) is 0 Å². The molecule has 2 aliphatic rings. The molecule has 3 heterocycles. The summed E-state index contributed by atoms with van der Waals surface area (Å²) in [6, 6.07) is 1.93. The Labute approximate surface area is 205 Å². The molecule has 0 spiro atoms. The quantitative estimate of drug-likeness (QED) is 0.593. The number of fused-ring (bicyclic) bond motifs is 1. The minimum Gasteiger partial charge on any atom is -0.444 e. The highest BCUT2D eigenvalue weighted by Gasteiger charge is 2.41. The summed E-state index contributed by atoms with van der Waals surface area (Å²) in [6.07, 6.45) is -5.82. The number of benzene rings is 1. The number of amides is 1. The molecule has 12 heteroatoms. The van der Waals surface area contributed by atoms with Crippen LogP contribution in [-0.2, 0) is 29.1 Å². The molecule has 1 N–H and O–H groups in total. The number of rotatable bonds is 4. The zero-order valence-corrected chi connectivity index (χ0v) is 20.5. The number of hydrogen-bond donors (Lipinski definition) is 1. The summed E-state index contributed by atoms with van der Waals surface area (Å²) in [4.78, 5) is 18.8. The second-order valence-corrected chi connectivity index (χ2v) is 10.2. The van der Waals surface area contributed by atoms with Crippen LogP contribution in [0.4, 0.5) is 26.7 Å². The summed E-state index contributed by atoms with van der Waals surface area (Å²) in [5.41, 5.74) is 0.232. The Balaban J connectivity index is 1.54. The monoisotopic (exact) mass is 516 g/mol. The lowest BCUT2D eigenvalue weighted by molar-refractivity contribution is -0.141. The number of ether oxygens (including phenoxy) is 2. The van der Waals surface area contributed by atoms with Gasteiger partial charge in [0.2, 0.25) is 0 Å². The standard InChI is InChI=1S/C24H29F5N4O3/c1-13-30-19-9-32(10-20(19)33(13)12-24(27,28)29)15-8-18(31-22(34)36-23(2,3)4)21(35-11-15)16-7-14(25)5-6-17(16)26/h5-7,15,18,21H,8-12H2,1-4H3,(H,31,34)/t15-,18+,21-/m1/s1. The van der Waals surface area contributed by atoms with Crippen LogP contribution < -0.4 is 5.32 Å². The first-order valence-electron chi connectivity index (χ1n) is 11.6. The Bertz CT molecular complexity index is 1130. The minimum absolute atomic E-state index is 0.0341. The molecule has 1 aromatic carbocycles. The van der Waals surface area contributed by atoms with Gasteiger partial charge in [0.15, 0.2) is 0 Å². The second kappa shape index (κ2) is 9.62. The van der Waals surface area contributed by atoms with Crippen molar-refractivity contribution in [2.24, 2.45) is 0 Å². The molecule has 2 aliphatic heterocycles. The number of carbonyl (C=O) groups is 1. The first kappa shape index (κ1) is 26.3. The van der Waals surface area contributed by atoms with E-state index in [-0.39, 0.29) is 31.2 Å². The Morgan fingerprint density at radius 2 is 1.94 bits per heavy atom. The van der Waals surface area contributed by atoms with Crippen molar-refractivity contribution in [1.29, 1.82) is 0 Å². The van der Waals surface area contributed by atoms with Gasteiger partial charge < -0.3 is 19.4 Å². The minimum atomic E-state index is -4.38. The number of aryl methyl sites for hydroxylation is 1. The Kier molecular flexibility index (Phi) is 7.04. The highest BCUT2D eigenvalue weighted by molar-refractivity contribution is 5.68. The number of hydrogen-bond acceptors (Lipinski definition) is 5. The van der Waals surface area contributed by atoms with E-state index < -0.39 is 48.2 Å². The predicted octanol–water partition coefficient (Wildman–Crippen LogP) is 4.77. The maximum atomic E-state index is 14.6. The second-order valence-electron chi connectivity index (χ2n) is 10.2. The Hall–Kier alpha value is -2.73. The van der Waals surface area contributed by atoms with Gasteiger partial charge in [-0.2, -0.15) is 13.2 Å². The largest absolute Gasteiger partial charge is 0.444 e. The first-order chi connectivity index (χ1) is 16.7. The molecule has 1 aromatic heterocycles. The summed E-state index contributed by atoms with van der Waals surface area (Å²) in [6.45, 7) is 6.15. The first-order valence-corrected chi connectivity index (χ1v) is 11.6. The van der Waals surface area contributed by atoms with Crippen molar-refractivity contribution in [3.05, 3.63) is 52.6 Å². The molecule has 4 rings (SSSR count). The van der Waals surface area contributed by atoms with Crippen LogP contribution >= 0.6 is 0 Å². The third-order valence-corrected chi connectivity index (χ3v) is 6.23. The molecule has 36 heavy (non-hydrogen) atoms. The van der Waals surface area contributed by atoms with Crippen LogP contribution in [0.25, 0.3) is 0 Å². The van der Waals surface area contributed by atoms with E-state index in [9.17, 15) is 26.7 Å². The number of carbonyl (C=O) groups excluding carboxylic acids is 1. The topological polar surface area (TPSA) is 68.6 Å². The summed E-state index contributed by atoms with van der Waals surface area (Å²) in [7, 11) is 0. The molecule has 0 aliphatic carbocycles. The molecule has 0 bridgehead atoms. The summed E-state index contributed by atoms with van der Waals surface area (Å²) >= 11 is 0. The van der Waals surface area contributed by atoms with Crippen molar-refractivity contribution in [3.8, 4) is 0 Å². The zero-order chi connectivity index (χ0) is 26.4. The van der Waals surface area contributed by atoms with Crippen molar-refractivity contribution >= 4 is 6.09 Å². The van der Waals surface area contributed by atoms with Gasteiger partial charge >= 0.3 is 12.3 Å². The highest BCUT2D eigenvalue weighted by Crippen LogP contribution is 2.36. The molecular weight excluding hydrogens is 487 g/mol. The molecule has 2 aromatic rings. The number of nitrogens with zero attached hydrogens (tertiary/aromatic N) is 3. The van der Waals surface area contributed by atoms with Crippen LogP contribution in [0.2, 0.25) is 0 Å². The molecule has 0 unspecified atom stereocenters. The van der Waals surface area contributed by atoms with Crippen LogP contribution in [0.3, 0.4) is 0 Å². The Morgan fingerprint density at radius 1 is 1.22 bits per heavy atom. The molecular formula is C24H29F5N4O3. The number of halogens is 5. The summed E-state index contributed by atoms with van der Waals surface area (Å²) in [5.74, 6) is -1.03. The molecule has 0 saturated carbocycles. The third-order valence-electron chi connectivity index (χ3n) is 6.23. The van der Waals surface area contributed by atoms with Gasteiger partial charge in [0.1, 0.15) is 35.7 Å². The van der Waals surface area contributed by atoms with Crippen molar-refractivity contribution in [3.63, 3.8) is 0 Å². The van der Waals surface area contributed by atoms with Gasteiger partial charge in [0, 0.05) is 24.7 Å². The fourth-order valence-corrected chi connectivity index (χ4v) is 4.77. The summed E-state index contributed by atoms with van der Waals surface area (Å²) in [5, 5.41) is 2.72. The SMILES string of the molecule is Cc1nc2c(n1CC(F)(F)F)CN([C@H]1CO[C@H](c3cc(F)ccc3F)[C@@H](NC(=O)OC(C)(C)C)C1)C2. The van der Waals surface area contributed by atoms with Crippen LogP contribution in [0.15, 0.2) is 18.2 Å². The van der Waals surface area contributed by atoms with Crippen molar-refractivity contribution < 1.29 is 36.2 Å². The third kappa shape index (κ3) is 5.97. The summed E-state index contributed by atoms with van der Waals surface area (Å²) < 4.78 is 80.2. The van der Waals surface area contributed by atoms with Gasteiger partial charge in [-0.3, -0.25) is 4.90 Å². The normalized spacial score (nSPS) is 23.0. The van der Waals surface area contributed by atoms with E-state index in [0.29, 0.717) is 23.8 Å². The molecule has 1 amide bonds. The molecule has 0 radical (unpaired) electrons. The zero-order valence-electron chi connectivity index (χ0n) is 20.5. The van der Waals surface area contributed by atoms with E-state index in [1.54, 1.807) is 20.8 Å². The maximum Gasteiger partial charge on any atom is 0.407 e. The Morgan fingerprint density at radius 3 is 2.61 bits per heavy atom. The van der Waals surface area contributed by atoms with Crippen LogP contribution in [0, 0.1) is 18.6 Å². The van der Waals surface area contributed by atoms with E-state index in [2.05, 4.69) is 10.3 Å². The fraction of sp³-hybridized carbons (Fsp3) is 0.583. The van der Waals surface area contributed by atoms with E-state index >= 15 is 0 Å².